The first-order valence-electron chi connectivity index (χ1n) is 8.23. The van der Waals surface area contributed by atoms with Crippen LogP contribution in [-0.2, 0) is 13.0 Å². The van der Waals surface area contributed by atoms with Crippen molar-refractivity contribution in [2.45, 2.75) is 19.9 Å². The van der Waals surface area contributed by atoms with E-state index in [-0.39, 0.29) is 11.6 Å². The summed E-state index contributed by atoms with van der Waals surface area (Å²) in [5.74, 6) is -0.280. The summed E-state index contributed by atoms with van der Waals surface area (Å²) in [7, 11) is 0. The van der Waals surface area contributed by atoms with Crippen molar-refractivity contribution in [2.24, 2.45) is 0 Å². The van der Waals surface area contributed by atoms with Gasteiger partial charge in [-0.15, -0.1) is 0 Å². The Morgan fingerprint density at radius 1 is 1.23 bits per heavy atom. The zero-order valence-electron chi connectivity index (χ0n) is 14.1. The lowest BCUT2D eigenvalue weighted by molar-refractivity contribution is 0.0945. The molecule has 1 N–H and O–H groups in total. The molecular formula is C18H16N6OS. The van der Waals surface area contributed by atoms with E-state index < -0.39 is 0 Å². The summed E-state index contributed by atoms with van der Waals surface area (Å²) in [6.07, 6.45) is 5.32. The molecule has 0 bridgehead atoms. The van der Waals surface area contributed by atoms with Crippen molar-refractivity contribution < 1.29 is 4.79 Å². The number of nitrogens with zero attached hydrogens (tertiary/aromatic N) is 5. The van der Waals surface area contributed by atoms with E-state index in [9.17, 15) is 4.79 Å². The first-order chi connectivity index (χ1) is 12.8. The number of aryl methyl sites for hydroxylation is 1. The molecule has 3 aromatic heterocycles. The third-order valence-electron chi connectivity index (χ3n) is 3.90. The molecule has 0 spiro atoms. The Morgan fingerprint density at radius 3 is 2.81 bits per heavy atom. The SMILES string of the molecule is CCc1nn2c(CNC(=O)c3cnccn3)c(-c3ccccc3)nc2s1. The number of hydrogen-bond donors (Lipinski definition) is 1. The first-order valence-corrected chi connectivity index (χ1v) is 9.05. The molecule has 8 heteroatoms. The summed E-state index contributed by atoms with van der Waals surface area (Å²) in [6.45, 7) is 2.36. The van der Waals surface area contributed by atoms with Crippen LogP contribution in [0.4, 0.5) is 0 Å². The molecule has 26 heavy (non-hydrogen) atoms. The maximum Gasteiger partial charge on any atom is 0.271 e. The largest absolute Gasteiger partial charge is 0.345 e. The summed E-state index contributed by atoms with van der Waals surface area (Å²) in [5, 5.41) is 8.52. The number of rotatable bonds is 5. The van der Waals surface area contributed by atoms with Gasteiger partial charge in [-0.2, -0.15) is 5.10 Å². The van der Waals surface area contributed by atoms with E-state index in [0.717, 1.165) is 33.3 Å². The van der Waals surface area contributed by atoms with Crippen molar-refractivity contribution in [3.05, 3.63) is 65.3 Å². The lowest BCUT2D eigenvalue weighted by Crippen LogP contribution is -2.25. The Kier molecular flexibility index (Phi) is 4.40. The van der Waals surface area contributed by atoms with Gasteiger partial charge in [0.25, 0.3) is 5.91 Å². The average molecular weight is 364 g/mol. The molecular weight excluding hydrogens is 348 g/mol. The van der Waals surface area contributed by atoms with Gasteiger partial charge >= 0.3 is 0 Å². The Hall–Kier alpha value is -3.13. The smallest absolute Gasteiger partial charge is 0.271 e. The summed E-state index contributed by atoms with van der Waals surface area (Å²) < 4.78 is 1.82. The molecule has 0 fully saturated rings. The minimum absolute atomic E-state index is 0.280. The van der Waals surface area contributed by atoms with Crippen molar-refractivity contribution in [3.8, 4) is 11.3 Å². The van der Waals surface area contributed by atoms with Crippen LogP contribution in [0.3, 0.4) is 0 Å². The normalized spacial score (nSPS) is 11.0. The number of nitrogens with one attached hydrogen (secondary N) is 1. The van der Waals surface area contributed by atoms with Crippen LogP contribution in [0.15, 0.2) is 48.9 Å². The van der Waals surface area contributed by atoms with Gasteiger partial charge in [-0.05, 0) is 6.42 Å². The van der Waals surface area contributed by atoms with Crippen LogP contribution in [-0.4, -0.2) is 30.5 Å². The predicted octanol–water partition coefficient (Wildman–Crippen LogP) is 2.74. The van der Waals surface area contributed by atoms with Gasteiger partial charge in [0.05, 0.1) is 24.1 Å². The van der Waals surface area contributed by atoms with E-state index in [4.69, 9.17) is 4.98 Å². The molecule has 4 aromatic rings. The third kappa shape index (κ3) is 3.06. The molecule has 0 saturated carbocycles. The molecule has 1 aromatic carbocycles. The fraction of sp³-hybridized carbons (Fsp3) is 0.167. The van der Waals surface area contributed by atoms with Gasteiger partial charge in [-0.3, -0.25) is 9.78 Å². The highest BCUT2D eigenvalue weighted by atomic mass is 32.1. The van der Waals surface area contributed by atoms with Crippen LogP contribution in [0.1, 0.15) is 28.1 Å². The minimum atomic E-state index is -0.280. The molecule has 4 rings (SSSR count). The number of amides is 1. The second-order valence-electron chi connectivity index (χ2n) is 5.59. The Morgan fingerprint density at radius 2 is 2.08 bits per heavy atom. The number of imidazole rings is 1. The van der Waals surface area contributed by atoms with Gasteiger partial charge in [0, 0.05) is 18.0 Å². The van der Waals surface area contributed by atoms with E-state index >= 15 is 0 Å². The molecule has 3 heterocycles. The van der Waals surface area contributed by atoms with E-state index in [1.54, 1.807) is 11.3 Å². The van der Waals surface area contributed by atoms with Crippen LogP contribution in [0.5, 0.6) is 0 Å². The fourth-order valence-corrected chi connectivity index (χ4v) is 3.48. The van der Waals surface area contributed by atoms with Crippen LogP contribution in [0, 0.1) is 0 Å². The second kappa shape index (κ2) is 7.01. The highest BCUT2D eigenvalue weighted by Gasteiger charge is 2.18. The molecule has 130 valence electrons. The number of hydrogen-bond acceptors (Lipinski definition) is 6. The minimum Gasteiger partial charge on any atom is -0.345 e. The Balaban J connectivity index is 1.69. The van der Waals surface area contributed by atoms with Crippen LogP contribution in [0.2, 0.25) is 0 Å². The van der Waals surface area contributed by atoms with Crippen molar-refractivity contribution in [2.75, 3.05) is 0 Å². The maximum absolute atomic E-state index is 12.3. The lowest BCUT2D eigenvalue weighted by atomic mass is 10.1. The van der Waals surface area contributed by atoms with Gasteiger partial charge in [0.15, 0.2) is 0 Å². The standard InChI is InChI=1S/C18H16N6OS/c1-2-15-23-24-14(11-21-17(25)13-10-19-8-9-20-13)16(22-18(24)26-15)12-6-4-3-5-7-12/h3-10H,2,11H2,1H3,(H,21,25). The van der Waals surface area contributed by atoms with Crippen molar-refractivity contribution in [3.63, 3.8) is 0 Å². The van der Waals surface area contributed by atoms with Gasteiger partial charge in [0.2, 0.25) is 4.96 Å². The number of carbonyl (C=O) groups is 1. The molecule has 0 saturated heterocycles. The zero-order valence-corrected chi connectivity index (χ0v) is 14.9. The number of carbonyl (C=O) groups excluding carboxylic acids is 1. The van der Waals surface area contributed by atoms with E-state index in [1.807, 2.05) is 34.8 Å². The molecule has 0 radical (unpaired) electrons. The van der Waals surface area contributed by atoms with E-state index in [2.05, 4.69) is 27.3 Å². The molecule has 0 aliphatic heterocycles. The Labute approximate surface area is 153 Å². The number of fused-ring (bicyclic) bond motifs is 1. The quantitative estimate of drug-likeness (QED) is 0.588. The fourth-order valence-electron chi connectivity index (χ4n) is 2.63. The number of benzene rings is 1. The zero-order chi connectivity index (χ0) is 17.9. The molecule has 0 unspecified atom stereocenters. The van der Waals surface area contributed by atoms with Crippen LogP contribution in [0.25, 0.3) is 16.2 Å². The third-order valence-corrected chi connectivity index (χ3v) is 4.95. The van der Waals surface area contributed by atoms with Gasteiger partial charge in [0.1, 0.15) is 10.7 Å². The summed E-state index contributed by atoms with van der Waals surface area (Å²) in [5.41, 5.74) is 2.94. The van der Waals surface area contributed by atoms with Crippen molar-refractivity contribution in [1.82, 2.24) is 29.9 Å². The molecule has 0 aliphatic rings. The summed E-state index contributed by atoms with van der Waals surface area (Å²) in [4.78, 5) is 25.8. The van der Waals surface area contributed by atoms with E-state index in [1.165, 1.54) is 18.6 Å². The highest BCUT2D eigenvalue weighted by molar-refractivity contribution is 7.16. The van der Waals surface area contributed by atoms with E-state index in [0.29, 0.717) is 6.54 Å². The van der Waals surface area contributed by atoms with Gasteiger partial charge < -0.3 is 5.32 Å². The van der Waals surface area contributed by atoms with Crippen LogP contribution < -0.4 is 5.32 Å². The number of aromatic nitrogens is 5. The lowest BCUT2D eigenvalue weighted by Gasteiger charge is -2.06. The molecule has 0 atom stereocenters. The molecule has 0 aliphatic carbocycles. The first kappa shape index (κ1) is 16.3. The highest BCUT2D eigenvalue weighted by Crippen LogP contribution is 2.27. The Bertz CT molecular complexity index is 1040. The van der Waals surface area contributed by atoms with Gasteiger partial charge in [-0.25, -0.2) is 14.5 Å². The van der Waals surface area contributed by atoms with Crippen molar-refractivity contribution in [1.29, 1.82) is 0 Å². The predicted molar refractivity (Wildman–Crippen MR) is 98.9 cm³/mol. The monoisotopic (exact) mass is 364 g/mol. The second-order valence-corrected chi connectivity index (χ2v) is 6.63. The topological polar surface area (TPSA) is 85.1 Å². The van der Waals surface area contributed by atoms with Crippen molar-refractivity contribution >= 4 is 22.2 Å². The average Bonchev–Trinajstić information content (AvgIpc) is 3.25. The summed E-state index contributed by atoms with van der Waals surface area (Å²) in [6, 6.07) is 9.90. The molecule has 1 amide bonds. The summed E-state index contributed by atoms with van der Waals surface area (Å²) >= 11 is 1.56. The van der Waals surface area contributed by atoms with Crippen LogP contribution >= 0.6 is 11.3 Å². The maximum atomic E-state index is 12.3. The van der Waals surface area contributed by atoms with Gasteiger partial charge in [-0.1, -0.05) is 48.6 Å². The molecule has 7 nitrogen and oxygen atoms in total.